The van der Waals surface area contributed by atoms with Gasteiger partial charge in [-0.2, -0.15) is 5.10 Å². The maximum atomic E-state index is 12.5. The van der Waals surface area contributed by atoms with Crippen LogP contribution in [0.15, 0.2) is 11.0 Å². The second kappa shape index (κ2) is 5.06. The van der Waals surface area contributed by atoms with Crippen molar-refractivity contribution < 1.29 is 0 Å². The molecule has 0 bridgehead atoms. The molecule has 1 aromatic rings. The molecule has 3 rings (SSSR count). The molecule has 0 spiro atoms. The van der Waals surface area contributed by atoms with Gasteiger partial charge in [-0.25, -0.2) is 4.68 Å². The van der Waals surface area contributed by atoms with Gasteiger partial charge in [-0.1, -0.05) is 31.9 Å². The molecule has 2 saturated carbocycles. The molecule has 20 heavy (non-hydrogen) atoms. The fourth-order valence-corrected chi connectivity index (χ4v) is 3.22. The first-order chi connectivity index (χ1) is 9.47. The number of anilines is 1. The van der Waals surface area contributed by atoms with Gasteiger partial charge < -0.3 is 5.32 Å². The number of nitrogens with zero attached hydrogens (tertiary/aromatic N) is 2. The molecule has 2 fully saturated rings. The minimum Gasteiger partial charge on any atom is -0.376 e. The monoisotopic (exact) mass is 295 g/mol. The zero-order valence-corrected chi connectivity index (χ0v) is 12.9. The third-order valence-electron chi connectivity index (χ3n) is 4.70. The highest BCUT2D eigenvalue weighted by Gasteiger charge is 2.35. The first kappa shape index (κ1) is 13.9. The van der Waals surface area contributed by atoms with Crippen LogP contribution in [0.1, 0.15) is 46.0 Å². The van der Waals surface area contributed by atoms with Gasteiger partial charge in [-0.3, -0.25) is 4.79 Å². The summed E-state index contributed by atoms with van der Waals surface area (Å²) < 4.78 is 1.56. The molecule has 1 N–H and O–H groups in total. The number of halogens is 1. The number of rotatable bonds is 4. The van der Waals surface area contributed by atoms with Crippen LogP contribution in [0, 0.1) is 11.3 Å². The molecule has 110 valence electrons. The molecular weight excluding hydrogens is 274 g/mol. The fourth-order valence-electron chi connectivity index (χ4n) is 3.04. The number of aromatic nitrogens is 2. The summed E-state index contributed by atoms with van der Waals surface area (Å²) in [5, 5.41) is 7.99. The van der Waals surface area contributed by atoms with E-state index in [4.69, 9.17) is 11.6 Å². The molecule has 2 aliphatic rings. The van der Waals surface area contributed by atoms with Crippen molar-refractivity contribution in [3.63, 3.8) is 0 Å². The van der Waals surface area contributed by atoms with Crippen molar-refractivity contribution >= 4 is 17.3 Å². The third kappa shape index (κ3) is 2.71. The van der Waals surface area contributed by atoms with E-state index in [1.54, 1.807) is 10.9 Å². The van der Waals surface area contributed by atoms with E-state index in [2.05, 4.69) is 24.3 Å². The lowest BCUT2D eigenvalue weighted by atomic mass is 9.87. The Balaban J connectivity index is 1.86. The maximum absolute atomic E-state index is 12.5. The number of nitrogens with one attached hydrogen (secondary N) is 1. The molecule has 0 amide bonds. The second-order valence-electron chi connectivity index (χ2n) is 6.88. The molecule has 4 nitrogen and oxygen atoms in total. The van der Waals surface area contributed by atoms with Gasteiger partial charge in [0.05, 0.1) is 11.2 Å². The molecular formula is C15H22ClN3O. The van der Waals surface area contributed by atoms with E-state index in [0.717, 1.165) is 13.0 Å². The summed E-state index contributed by atoms with van der Waals surface area (Å²) in [6, 6.07) is 0.310. The van der Waals surface area contributed by atoms with Gasteiger partial charge in [0.25, 0.3) is 5.56 Å². The first-order valence-corrected chi connectivity index (χ1v) is 7.87. The molecule has 1 unspecified atom stereocenters. The van der Waals surface area contributed by atoms with E-state index < -0.39 is 0 Å². The Morgan fingerprint density at radius 2 is 2.20 bits per heavy atom. The van der Waals surface area contributed by atoms with E-state index in [1.807, 2.05) is 0 Å². The minimum atomic E-state index is -0.0768. The quantitative estimate of drug-likeness (QED) is 0.927. The summed E-state index contributed by atoms with van der Waals surface area (Å²) in [4.78, 5) is 12.5. The van der Waals surface area contributed by atoms with Crippen LogP contribution in [-0.4, -0.2) is 15.8 Å². The van der Waals surface area contributed by atoms with Gasteiger partial charge >= 0.3 is 0 Å². The Kier molecular flexibility index (Phi) is 3.53. The van der Waals surface area contributed by atoms with Crippen LogP contribution < -0.4 is 10.9 Å². The maximum Gasteiger partial charge on any atom is 0.291 e. The van der Waals surface area contributed by atoms with Crippen LogP contribution in [0.4, 0.5) is 5.69 Å². The van der Waals surface area contributed by atoms with Gasteiger partial charge in [-0.15, -0.1) is 0 Å². The van der Waals surface area contributed by atoms with E-state index in [0.29, 0.717) is 22.7 Å². The highest BCUT2D eigenvalue weighted by Crippen LogP contribution is 2.39. The first-order valence-electron chi connectivity index (χ1n) is 7.49. The largest absolute Gasteiger partial charge is 0.376 e. The second-order valence-corrected chi connectivity index (χ2v) is 7.28. The van der Waals surface area contributed by atoms with E-state index in [1.165, 1.54) is 25.7 Å². The summed E-state index contributed by atoms with van der Waals surface area (Å²) in [6.45, 7) is 5.21. The van der Waals surface area contributed by atoms with Crippen LogP contribution in [0.3, 0.4) is 0 Å². The zero-order valence-electron chi connectivity index (χ0n) is 12.2. The molecule has 5 heteroatoms. The Labute approximate surface area is 124 Å². The van der Waals surface area contributed by atoms with Gasteiger partial charge in [0.2, 0.25) is 0 Å². The standard InChI is InChI=1S/C15H22ClN3O/c1-15(2)7-3-4-12(15)18-13-11(16)8-17-19(14(13)20)9-10-5-6-10/h8,10,12,18H,3-7,9H2,1-2H3. The third-order valence-corrected chi connectivity index (χ3v) is 4.99. The topological polar surface area (TPSA) is 46.9 Å². The molecule has 0 aromatic carbocycles. The van der Waals surface area contributed by atoms with Crippen molar-refractivity contribution in [1.82, 2.24) is 9.78 Å². The molecule has 2 aliphatic carbocycles. The van der Waals surface area contributed by atoms with Crippen LogP contribution >= 0.6 is 11.6 Å². The average Bonchev–Trinajstić information content (AvgIpc) is 3.13. The summed E-state index contributed by atoms with van der Waals surface area (Å²) in [5.74, 6) is 0.622. The Morgan fingerprint density at radius 3 is 2.80 bits per heavy atom. The lowest BCUT2D eigenvalue weighted by Crippen LogP contribution is -2.35. The molecule has 1 atom stereocenters. The highest BCUT2D eigenvalue weighted by molar-refractivity contribution is 6.33. The molecule has 1 aromatic heterocycles. The van der Waals surface area contributed by atoms with Crippen LogP contribution in [0.2, 0.25) is 5.02 Å². The SMILES string of the molecule is CC1(C)CCCC1Nc1c(Cl)cnn(CC2CC2)c1=O. The molecule has 0 saturated heterocycles. The summed E-state index contributed by atoms with van der Waals surface area (Å²) >= 11 is 6.19. The van der Waals surface area contributed by atoms with Gasteiger partial charge in [0.15, 0.2) is 0 Å². The van der Waals surface area contributed by atoms with Gasteiger partial charge in [0.1, 0.15) is 5.69 Å². The molecule has 0 aliphatic heterocycles. The van der Waals surface area contributed by atoms with Gasteiger partial charge in [-0.05, 0) is 37.0 Å². The Hall–Kier alpha value is -1.03. The predicted octanol–water partition coefficient (Wildman–Crippen LogP) is 3.30. The van der Waals surface area contributed by atoms with Crippen LogP contribution in [0.25, 0.3) is 0 Å². The van der Waals surface area contributed by atoms with Crippen molar-refractivity contribution in [2.24, 2.45) is 11.3 Å². The lowest BCUT2D eigenvalue weighted by Gasteiger charge is -2.28. The van der Waals surface area contributed by atoms with Crippen molar-refractivity contribution in [3.05, 3.63) is 21.6 Å². The zero-order chi connectivity index (χ0) is 14.3. The number of hydrogen-bond acceptors (Lipinski definition) is 3. The predicted molar refractivity (Wildman–Crippen MR) is 81.3 cm³/mol. The Morgan fingerprint density at radius 1 is 1.45 bits per heavy atom. The minimum absolute atomic E-state index is 0.0768. The van der Waals surface area contributed by atoms with Gasteiger partial charge in [0, 0.05) is 12.6 Å². The average molecular weight is 296 g/mol. The molecule has 1 heterocycles. The highest BCUT2D eigenvalue weighted by atomic mass is 35.5. The normalized spacial score (nSPS) is 24.9. The van der Waals surface area contributed by atoms with E-state index in [-0.39, 0.29) is 11.0 Å². The smallest absolute Gasteiger partial charge is 0.291 e. The lowest BCUT2D eigenvalue weighted by molar-refractivity contribution is 0.349. The summed E-state index contributed by atoms with van der Waals surface area (Å²) in [5.41, 5.74) is 0.662. The van der Waals surface area contributed by atoms with Crippen molar-refractivity contribution in [2.75, 3.05) is 5.32 Å². The van der Waals surface area contributed by atoms with Crippen molar-refractivity contribution in [3.8, 4) is 0 Å². The fraction of sp³-hybridized carbons (Fsp3) is 0.733. The van der Waals surface area contributed by atoms with Crippen molar-refractivity contribution in [1.29, 1.82) is 0 Å². The van der Waals surface area contributed by atoms with Crippen LogP contribution in [0.5, 0.6) is 0 Å². The molecule has 0 radical (unpaired) electrons. The summed E-state index contributed by atoms with van der Waals surface area (Å²) in [6.07, 6.45) is 7.47. The van der Waals surface area contributed by atoms with E-state index >= 15 is 0 Å². The number of hydrogen-bond donors (Lipinski definition) is 1. The summed E-state index contributed by atoms with van der Waals surface area (Å²) in [7, 11) is 0. The van der Waals surface area contributed by atoms with Crippen molar-refractivity contribution in [2.45, 2.75) is 58.5 Å². The Bertz CT molecular complexity index is 563. The van der Waals surface area contributed by atoms with Crippen LogP contribution in [-0.2, 0) is 6.54 Å². The van der Waals surface area contributed by atoms with E-state index in [9.17, 15) is 4.79 Å².